The van der Waals surface area contributed by atoms with Gasteiger partial charge in [-0.1, -0.05) is 30.3 Å². The van der Waals surface area contributed by atoms with Gasteiger partial charge in [-0.25, -0.2) is 0 Å². The molecule has 1 saturated carbocycles. The molecule has 5 nitrogen and oxygen atoms in total. The number of hydrogen-bond acceptors (Lipinski definition) is 5. The standard InChI is InChI=1S/C16H20O5/c1-3-20-14(17)13(15(18)21-4-2)16(19)10-12(16)11-8-6-5-7-9-11/h5-9,12-13,19H,3-4,10H2,1-2H3. The molecule has 2 rings (SSSR count). The molecule has 0 spiro atoms. The van der Waals surface area contributed by atoms with E-state index in [1.807, 2.05) is 30.3 Å². The number of benzene rings is 1. The summed E-state index contributed by atoms with van der Waals surface area (Å²) in [7, 11) is 0. The number of ether oxygens (including phenoxy) is 2. The van der Waals surface area contributed by atoms with E-state index in [4.69, 9.17) is 9.47 Å². The molecule has 0 aromatic heterocycles. The Labute approximate surface area is 123 Å². The Bertz CT molecular complexity index is 495. The summed E-state index contributed by atoms with van der Waals surface area (Å²) in [5, 5.41) is 10.7. The molecular formula is C16H20O5. The summed E-state index contributed by atoms with van der Waals surface area (Å²) in [5.41, 5.74) is -0.515. The molecule has 21 heavy (non-hydrogen) atoms. The number of aliphatic hydroxyl groups is 1. The Kier molecular flexibility index (Phi) is 4.63. The largest absolute Gasteiger partial charge is 0.465 e. The Hall–Kier alpha value is -1.88. The summed E-state index contributed by atoms with van der Waals surface area (Å²) in [6.45, 7) is 3.62. The normalized spacial score (nSPS) is 23.7. The number of carbonyl (C=O) groups is 2. The highest BCUT2D eigenvalue weighted by Crippen LogP contribution is 2.56. The molecule has 0 radical (unpaired) electrons. The van der Waals surface area contributed by atoms with E-state index < -0.39 is 23.5 Å². The lowest BCUT2D eigenvalue weighted by molar-refractivity contribution is -0.168. The maximum absolute atomic E-state index is 12.0. The Balaban J connectivity index is 2.21. The van der Waals surface area contributed by atoms with E-state index in [0.717, 1.165) is 5.56 Å². The molecule has 1 aromatic rings. The van der Waals surface area contributed by atoms with Gasteiger partial charge >= 0.3 is 11.9 Å². The maximum atomic E-state index is 12.0. The van der Waals surface area contributed by atoms with E-state index in [-0.39, 0.29) is 19.1 Å². The average molecular weight is 292 g/mol. The van der Waals surface area contributed by atoms with Crippen molar-refractivity contribution in [3.8, 4) is 0 Å². The second-order valence-corrected chi connectivity index (χ2v) is 5.10. The first-order valence-electron chi connectivity index (χ1n) is 7.15. The van der Waals surface area contributed by atoms with Crippen LogP contribution in [0.3, 0.4) is 0 Å². The third kappa shape index (κ3) is 3.08. The third-order valence-corrected chi connectivity index (χ3v) is 3.72. The van der Waals surface area contributed by atoms with Crippen LogP contribution in [-0.2, 0) is 19.1 Å². The summed E-state index contributed by atoms with van der Waals surface area (Å²) >= 11 is 0. The summed E-state index contributed by atoms with van der Waals surface area (Å²) in [6.07, 6.45) is 0.347. The smallest absolute Gasteiger partial charge is 0.323 e. The molecule has 1 aromatic carbocycles. The van der Waals surface area contributed by atoms with Crippen LogP contribution in [0.1, 0.15) is 31.7 Å². The van der Waals surface area contributed by atoms with Crippen LogP contribution in [0.2, 0.25) is 0 Å². The van der Waals surface area contributed by atoms with Crippen LogP contribution >= 0.6 is 0 Å². The van der Waals surface area contributed by atoms with Crippen molar-refractivity contribution in [2.75, 3.05) is 13.2 Å². The van der Waals surface area contributed by atoms with Crippen molar-refractivity contribution < 1.29 is 24.2 Å². The summed E-state index contributed by atoms with van der Waals surface area (Å²) in [4.78, 5) is 24.1. The van der Waals surface area contributed by atoms with Gasteiger partial charge in [0.15, 0.2) is 5.92 Å². The maximum Gasteiger partial charge on any atom is 0.323 e. The lowest BCUT2D eigenvalue weighted by Crippen LogP contribution is -2.40. The zero-order valence-corrected chi connectivity index (χ0v) is 12.2. The highest BCUT2D eigenvalue weighted by Gasteiger charge is 2.64. The van der Waals surface area contributed by atoms with Gasteiger partial charge in [-0.3, -0.25) is 9.59 Å². The fourth-order valence-corrected chi connectivity index (χ4v) is 2.63. The molecule has 0 amide bonds. The van der Waals surface area contributed by atoms with Crippen LogP contribution in [0.4, 0.5) is 0 Å². The molecule has 1 aliphatic rings. The zero-order chi connectivity index (χ0) is 15.5. The van der Waals surface area contributed by atoms with E-state index in [2.05, 4.69) is 0 Å². The van der Waals surface area contributed by atoms with Crippen LogP contribution in [0.5, 0.6) is 0 Å². The van der Waals surface area contributed by atoms with Crippen LogP contribution in [0.25, 0.3) is 0 Å². The molecule has 1 N–H and O–H groups in total. The highest BCUT2D eigenvalue weighted by atomic mass is 16.6. The van der Waals surface area contributed by atoms with E-state index in [1.165, 1.54) is 0 Å². The van der Waals surface area contributed by atoms with Gasteiger partial charge in [0.05, 0.1) is 18.8 Å². The summed E-state index contributed by atoms with van der Waals surface area (Å²) in [6, 6.07) is 9.33. The molecule has 0 aliphatic heterocycles. The van der Waals surface area contributed by atoms with Gasteiger partial charge in [-0.05, 0) is 25.8 Å². The number of esters is 2. The Morgan fingerprint density at radius 2 is 1.71 bits per heavy atom. The number of hydrogen-bond donors (Lipinski definition) is 1. The van der Waals surface area contributed by atoms with Crippen molar-refractivity contribution in [1.82, 2.24) is 0 Å². The first-order chi connectivity index (χ1) is 10.0. The van der Waals surface area contributed by atoms with Gasteiger partial charge in [0.1, 0.15) is 0 Å². The zero-order valence-electron chi connectivity index (χ0n) is 12.2. The van der Waals surface area contributed by atoms with Crippen LogP contribution in [0, 0.1) is 5.92 Å². The van der Waals surface area contributed by atoms with E-state index >= 15 is 0 Å². The van der Waals surface area contributed by atoms with Gasteiger partial charge in [-0.15, -0.1) is 0 Å². The Morgan fingerprint density at radius 3 is 2.19 bits per heavy atom. The van der Waals surface area contributed by atoms with Gasteiger partial charge < -0.3 is 14.6 Å². The van der Waals surface area contributed by atoms with Crippen molar-refractivity contribution in [2.24, 2.45) is 5.92 Å². The molecule has 1 fully saturated rings. The molecule has 1 aliphatic carbocycles. The van der Waals surface area contributed by atoms with Gasteiger partial charge in [-0.2, -0.15) is 0 Å². The number of rotatable bonds is 6. The predicted octanol–water partition coefficient (Wildman–Crippen LogP) is 1.65. The fraction of sp³-hybridized carbons (Fsp3) is 0.500. The quantitative estimate of drug-likeness (QED) is 0.637. The SMILES string of the molecule is CCOC(=O)C(C(=O)OCC)C1(O)CC1c1ccccc1. The molecule has 5 heteroatoms. The Morgan fingerprint density at radius 1 is 1.19 bits per heavy atom. The van der Waals surface area contributed by atoms with Crippen molar-refractivity contribution in [2.45, 2.75) is 31.8 Å². The minimum absolute atomic E-state index is 0.154. The van der Waals surface area contributed by atoms with Crippen LogP contribution < -0.4 is 0 Å². The minimum atomic E-state index is -1.42. The first-order valence-corrected chi connectivity index (χ1v) is 7.15. The van der Waals surface area contributed by atoms with Gasteiger partial charge in [0.25, 0.3) is 0 Å². The molecule has 2 unspecified atom stereocenters. The molecule has 0 heterocycles. The molecule has 0 bridgehead atoms. The van der Waals surface area contributed by atoms with Crippen molar-refractivity contribution >= 4 is 11.9 Å². The van der Waals surface area contributed by atoms with E-state index in [9.17, 15) is 14.7 Å². The van der Waals surface area contributed by atoms with E-state index in [1.54, 1.807) is 13.8 Å². The van der Waals surface area contributed by atoms with Gasteiger partial charge in [0, 0.05) is 5.92 Å². The molecule has 114 valence electrons. The predicted molar refractivity (Wildman–Crippen MR) is 75.5 cm³/mol. The molecule has 0 saturated heterocycles. The van der Waals surface area contributed by atoms with E-state index in [0.29, 0.717) is 6.42 Å². The monoisotopic (exact) mass is 292 g/mol. The third-order valence-electron chi connectivity index (χ3n) is 3.72. The molecule has 2 atom stereocenters. The van der Waals surface area contributed by atoms with Crippen LogP contribution in [0.15, 0.2) is 30.3 Å². The lowest BCUT2D eigenvalue weighted by atomic mass is 9.95. The van der Waals surface area contributed by atoms with Crippen molar-refractivity contribution in [3.05, 3.63) is 35.9 Å². The van der Waals surface area contributed by atoms with Gasteiger partial charge in [0.2, 0.25) is 0 Å². The lowest BCUT2D eigenvalue weighted by Gasteiger charge is -2.20. The fourth-order valence-electron chi connectivity index (χ4n) is 2.63. The second-order valence-electron chi connectivity index (χ2n) is 5.10. The highest BCUT2D eigenvalue weighted by molar-refractivity contribution is 5.97. The minimum Gasteiger partial charge on any atom is -0.465 e. The van der Waals surface area contributed by atoms with Crippen LogP contribution in [-0.4, -0.2) is 35.9 Å². The number of carbonyl (C=O) groups excluding carboxylic acids is 2. The summed E-state index contributed by atoms with van der Waals surface area (Å²) in [5.74, 6) is -2.99. The first kappa shape index (κ1) is 15.5. The van der Waals surface area contributed by atoms with Crippen molar-refractivity contribution in [3.63, 3.8) is 0 Å². The molecular weight excluding hydrogens is 272 g/mol. The second kappa shape index (κ2) is 6.26. The van der Waals surface area contributed by atoms with Crippen molar-refractivity contribution in [1.29, 1.82) is 0 Å². The summed E-state index contributed by atoms with van der Waals surface area (Å²) < 4.78 is 9.84. The topological polar surface area (TPSA) is 72.8 Å². The average Bonchev–Trinajstić information content (AvgIpc) is 3.13.